The van der Waals surface area contributed by atoms with Gasteiger partial charge in [-0.05, 0) is 32.1 Å². The van der Waals surface area contributed by atoms with Crippen LogP contribution in [-0.4, -0.2) is 14.3 Å². The Balaban J connectivity index is 0.000000148. The molecule has 0 unspecified atom stereocenters. The van der Waals surface area contributed by atoms with Crippen LogP contribution < -0.4 is 0 Å². The van der Waals surface area contributed by atoms with Gasteiger partial charge in [-0.2, -0.15) is 0 Å². The normalized spacial score (nSPS) is 17.3. The van der Waals surface area contributed by atoms with Crippen molar-refractivity contribution in [1.29, 1.82) is 0 Å². The predicted molar refractivity (Wildman–Crippen MR) is 44.8 cm³/mol. The van der Waals surface area contributed by atoms with Gasteiger partial charge >= 0.3 is 31.6 Å². The van der Waals surface area contributed by atoms with Gasteiger partial charge in [-0.15, -0.1) is 0 Å². The first kappa shape index (κ1) is 9.54. The molecule has 1 aliphatic carbocycles. The molecule has 0 heterocycles. The topological polar surface area (TPSA) is 0 Å². The van der Waals surface area contributed by atoms with Gasteiger partial charge in [-0.25, -0.2) is 0 Å². The fraction of sp³-hybridized carbons (Fsp3) is 0.375. The van der Waals surface area contributed by atoms with E-state index in [0.29, 0.717) is 0 Å². The van der Waals surface area contributed by atoms with Crippen molar-refractivity contribution in [2.45, 2.75) is 17.3 Å². The average molecular weight is 183 g/mol. The minimum absolute atomic E-state index is 0.333. The summed E-state index contributed by atoms with van der Waals surface area (Å²) in [6.45, 7) is 0. The van der Waals surface area contributed by atoms with Crippen molar-refractivity contribution in [3.8, 4) is 0 Å². The molecule has 0 aromatic rings. The molecule has 1 heteroatoms. The van der Waals surface area contributed by atoms with E-state index >= 15 is 0 Å². The molecule has 1 fully saturated rings. The summed E-state index contributed by atoms with van der Waals surface area (Å²) in [7, 11) is 0. The molecule has 50 valence electrons. The van der Waals surface area contributed by atoms with E-state index in [0.717, 1.165) is 0 Å². The van der Waals surface area contributed by atoms with Crippen LogP contribution in [0.15, 0.2) is 0 Å². The molecule has 0 aliphatic heterocycles. The summed E-state index contributed by atoms with van der Waals surface area (Å²) in [5.41, 5.74) is 0. The molecule has 1 saturated carbocycles. The van der Waals surface area contributed by atoms with Crippen molar-refractivity contribution in [2.24, 2.45) is 0 Å². The Morgan fingerprint density at radius 1 is 0.667 bits per heavy atom. The molecule has 0 atom stereocenters. The van der Waals surface area contributed by atoms with E-state index in [1.165, 1.54) is 0 Å². The summed E-state index contributed by atoms with van der Waals surface area (Å²) in [5, 5.41) is 0. The first-order valence-corrected chi connectivity index (χ1v) is 9.46. The van der Waals surface area contributed by atoms with Gasteiger partial charge < -0.3 is 0 Å². The molecule has 0 amide bonds. The molecule has 0 nitrogen and oxygen atoms in total. The van der Waals surface area contributed by atoms with E-state index in [1.807, 2.05) is 32.1 Å². The van der Waals surface area contributed by atoms with Crippen molar-refractivity contribution in [3.05, 3.63) is 32.1 Å². The molecule has 1 aliphatic rings. The Bertz CT molecular complexity index is 36.2. The molecular formula is C8H14Ge. The zero-order valence-corrected chi connectivity index (χ0v) is 8.48. The summed E-state index contributed by atoms with van der Waals surface area (Å²) < 4.78 is 0. The van der Waals surface area contributed by atoms with Gasteiger partial charge in [0.2, 0.25) is 0 Å². The number of rotatable bonds is 0. The fourth-order valence-electron chi connectivity index (χ4n) is 0.321. The van der Waals surface area contributed by atoms with E-state index in [1.54, 1.807) is 0 Å². The third kappa shape index (κ3) is 11.9. The summed E-state index contributed by atoms with van der Waals surface area (Å²) in [6.07, 6.45) is 10.0. The maximum absolute atomic E-state index is 2.33. The third-order valence-corrected chi connectivity index (χ3v) is 0.556. The monoisotopic (exact) mass is 184 g/mol. The van der Waals surface area contributed by atoms with Crippen LogP contribution >= 0.6 is 0 Å². The summed E-state index contributed by atoms with van der Waals surface area (Å²) in [5.74, 6) is 7.00. The molecule has 6 radical (unpaired) electrons. The van der Waals surface area contributed by atoms with Gasteiger partial charge in [0, 0.05) is 0 Å². The Labute approximate surface area is 64.1 Å². The quantitative estimate of drug-likeness (QED) is 0.505. The van der Waals surface area contributed by atoms with Crippen LogP contribution in [0.3, 0.4) is 0 Å². The van der Waals surface area contributed by atoms with Crippen LogP contribution in [0.2, 0.25) is 17.3 Å². The van der Waals surface area contributed by atoms with Crippen molar-refractivity contribution in [2.75, 3.05) is 0 Å². The van der Waals surface area contributed by atoms with Crippen LogP contribution in [-0.2, 0) is 0 Å². The van der Waals surface area contributed by atoms with Crippen molar-refractivity contribution in [1.82, 2.24) is 0 Å². The molecule has 0 spiro atoms. The van der Waals surface area contributed by atoms with E-state index in [4.69, 9.17) is 0 Å². The van der Waals surface area contributed by atoms with Crippen LogP contribution in [0, 0.1) is 32.1 Å². The second-order valence-corrected chi connectivity index (χ2v) is 8.76. The number of hydrogen-bond acceptors (Lipinski definition) is 0. The Morgan fingerprint density at radius 3 is 0.889 bits per heavy atom. The Kier molecular flexibility index (Phi) is 7.06. The van der Waals surface area contributed by atoms with Crippen molar-refractivity contribution < 1.29 is 0 Å². The SMILES string of the molecule is [CH3][Ge]([CH3])[CH3].[CH]1[CH][CH][CH][CH]1. The smallest absolute Gasteiger partial charge is 0.0312 e. The largest absolute Gasteiger partial charge is 0.0312 e. The van der Waals surface area contributed by atoms with Gasteiger partial charge in [0.05, 0.1) is 0 Å². The zero-order chi connectivity index (χ0) is 7.11. The van der Waals surface area contributed by atoms with Gasteiger partial charge in [-0.1, -0.05) is 0 Å². The Hall–Kier alpha value is 0.543. The van der Waals surface area contributed by atoms with Crippen molar-refractivity contribution in [3.63, 3.8) is 0 Å². The van der Waals surface area contributed by atoms with Gasteiger partial charge in [0.25, 0.3) is 0 Å². The van der Waals surface area contributed by atoms with Crippen LogP contribution in [0.1, 0.15) is 0 Å². The van der Waals surface area contributed by atoms with Gasteiger partial charge in [0.1, 0.15) is 0 Å². The fourth-order valence-corrected chi connectivity index (χ4v) is 0.321. The van der Waals surface area contributed by atoms with E-state index in [2.05, 4.69) is 17.3 Å². The van der Waals surface area contributed by atoms with Crippen LogP contribution in [0.25, 0.3) is 0 Å². The molecule has 9 heavy (non-hydrogen) atoms. The second-order valence-electron chi connectivity index (χ2n) is 2.46. The standard InChI is InChI=1S/C5H5.C3H9Ge/c1-2-4-5-3-1;1-4(2)3/h1-5H;1-3H3. The maximum atomic E-state index is 2.33. The number of hydrogen-bond donors (Lipinski definition) is 0. The van der Waals surface area contributed by atoms with Crippen LogP contribution in [0.4, 0.5) is 0 Å². The summed E-state index contributed by atoms with van der Waals surface area (Å²) in [6, 6.07) is 0. The molecule has 0 aromatic carbocycles. The van der Waals surface area contributed by atoms with Gasteiger partial charge in [0.15, 0.2) is 0 Å². The second kappa shape index (κ2) is 6.66. The van der Waals surface area contributed by atoms with E-state index in [-0.39, 0.29) is 14.3 Å². The maximum Gasteiger partial charge on any atom is -0.0312 e. The molecular weight excluding hydrogens is 169 g/mol. The third-order valence-electron chi connectivity index (χ3n) is 0.556. The van der Waals surface area contributed by atoms with E-state index in [9.17, 15) is 0 Å². The van der Waals surface area contributed by atoms with Crippen molar-refractivity contribution >= 4 is 14.3 Å². The molecule has 0 bridgehead atoms. The predicted octanol–water partition coefficient (Wildman–Crippen LogP) is 2.39. The molecule has 1 rings (SSSR count). The summed E-state index contributed by atoms with van der Waals surface area (Å²) in [4.78, 5) is 0. The van der Waals surface area contributed by atoms with Crippen LogP contribution in [0.5, 0.6) is 0 Å². The minimum Gasteiger partial charge on any atom is -0.0312 e. The summed E-state index contributed by atoms with van der Waals surface area (Å²) >= 11 is -0.333. The first-order valence-electron chi connectivity index (χ1n) is 3.17. The average Bonchev–Trinajstić information content (AvgIpc) is 2.11. The van der Waals surface area contributed by atoms with E-state index < -0.39 is 0 Å². The Morgan fingerprint density at radius 2 is 0.778 bits per heavy atom. The molecule has 0 aromatic heterocycles. The molecule has 0 N–H and O–H groups in total. The minimum atomic E-state index is -0.333. The van der Waals surface area contributed by atoms with Gasteiger partial charge in [-0.3, -0.25) is 0 Å². The zero-order valence-electron chi connectivity index (χ0n) is 6.39. The molecule has 0 saturated heterocycles. The first-order chi connectivity index (χ1) is 4.23.